The molecule has 0 unspecified atom stereocenters. The molecule has 0 radical (unpaired) electrons. The maximum absolute atomic E-state index is 14.1. The Morgan fingerprint density at radius 2 is 1.22 bits per heavy atom. The lowest BCUT2D eigenvalue weighted by Crippen LogP contribution is -2.56. The molecule has 3 aliphatic rings. The minimum absolute atomic E-state index is 0.000634. The summed E-state index contributed by atoms with van der Waals surface area (Å²) in [6.07, 6.45) is 0. The van der Waals surface area contributed by atoms with Crippen LogP contribution in [0.25, 0.3) is 0 Å². The van der Waals surface area contributed by atoms with Crippen LogP contribution in [0.15, 0.2) is 82.9 Å². The van der Waals surface area contributed by atoms with E-state index in [1.54, 1.807) is 0 Å². The normalized spacial score (nSPS) is 25.0. The number of ether oxygens (including phenoxy) is 1. The van der Waals surface area contributed by atoms with E-state index in [1.165, 1.54) is 60.7 Å². The van der Waals surface area contributed by atoms with E-state index in [9.17, 15) is 34.1 Å². The first-order valence-corrected chi connectivity index (χ1v) is 16.5. The Hall–Kier alpha value is -3.42. The van der Waals surface area contributed by atoms with E-state index in [2.05, 4.69) is 0 Å². The molecule has 1 saturated heterocycles. The van der Waals surface area contributed by atoms with Crippen LogP contribution in [0.3, 0.4) is 0 Å². The highest BCUT2D eigenvalue weighted by Crippen LogP contribution is 2.77. The quantitative estimate of drug-likeness (QED) is 0.0444. The Bertz CT molecular complexity index is 1960. The monoisotopic (exact) mass is 803 g/mol. The maximum atomic E-state index is 14.1. The number of imide groups is 1. The molecule has 18 heteroatoms. The second-order valence-corrected chi connectivity index (χ2v) is 14.8. The summed E-state index contributed by atoms with van der Waals surface area (Å²) in [5.41, 5.74) is -0.211. The molecule has 2 aliphatic carbocycles. The molecular weight excluding hydrogens is 791 g/mol. The molecule has 0 spiro atoms. The molecule has 2 bridgehead atoms. The molecule has 6 rings (SSSR count). The average molecular weight is 807 g/mol. The van der Waals surface area contributed by atoms with E-state index >= 15 is 0 Å². The van der Waals surface area contributed by atoms with Gasteiger partial charge in [0.1, 0.15) is 22.0 Å². The van der Waals surface area contributed by atoms with Crippen LogP contribution < -0.4 is 4.74 Å². The summed E-state index contributed by atoms with van der Waals surface area (Å²) >= 11 is 45.5. The summed E-state index contributed by atoms with van der Waals surface area (Å²) in [6.45, 7) is -0.841. The number of nitro groups is 1. The van der Waals surface area contributed by atoms with Crippen LogP contribution in [0.4, 0.5) is 5.69 Å². The van der Waals surface area contributed by atoms with Crippen LogP contribution >= 0.6 is 81.2 Å². The Morgan fingerprint density at radius 3 is 1.71 bits per heavy atom. The van der Waals surface area contributed by atoms with Crippen LogP contribution in [-0.4, -0.2) is 65.0 Å². The summed E-state index contributed by atoms with van der Waals surface area (Å²) in [4.78, 5) is 74.1. The molecule has 11 nitrogen and oxygen atoms in total. The summed E-state index contributed by atoms with van der Waals surface area (Å²) in [5.74, 6) is -7.71. The minimum Gasteiger partial charge on any atom is -0.423 e. The number of hydrazine groups is 1. The highest BCUT2D eigenvalue weighted by Gasteiger charge is 2.88. The third kappa shape index (κ3) is 5.21. The number of hydrogen-bond acceptors (Lipinski definition) is 8. The summed E-state index contributed by atoms with van der Waals surface area (Å²) < 4.78 is 3.07. The fourth-order valence-corrected chi connectivity index (χ4v) is 9.07. The van der Waals surface area contributed by atoms with Crippen LogP contribution in [0.1, 0.15) is 31.1 Å². The van der Waals surface area contributed by atoms with Gasteiger partial charge in [0.05, 0.1) is 32.4 Å². The molecule has 1 heterocycles. The zero-order valence-corrected chi connectivity index (χ0v) is 29.3. The summed E-state index contributed by atoms with van der Waals surface area (Å²) in [6, 6.07) is 15.3. The van der Waals surface area contributed by atoms with Crippen molar-refractivity contribution in [2.75, 3.05) is 6.54 Å². The fraction of sp³-hybridized carbons (Fsp3) is 0.194. The number of ketones is 1. The number of esters is 1. The number of nitro benzene ring substituents is 1. The lowest BCUT2D eigenvalue weighted by atomic mass is 9.84. The number of amides is 3. The molecule has 1 aliphatic heterocycles. The Morgan fingerprint density at radius 1 is 0.755 bits per heavy atom. The van der Waals surface area contributed by atoms with Gasteiger partial charge in [-0.05, 0) is 60.7 Å². The number of Topliss-reactive ketones (excluding diaryl/α,β-unsaturated/α-hetero) is 1. The van der Waals surface area contributed by atoms with E-state index in [-0.39, 0.29) is 43.2 Å². The number of allylic oxidation sites excluding steroid dienone is 2. The fourth-order valence-electron chi connectivity index (χ4n) is 6.01. The molecular formula is C31H16Cl7N3O8. The van der Waals surface area contributed by atoms with E-state index in [4.69, 9.17) is 85.9 Å². The number of benzene rings is 3. The second kappa shape index (κ2) is 12.4. The van der Waals surface area contributed by atoms with Gasteiger partial charge in [-0.2, -0.15) is 5.01 Å². The van der Waals surface area contributed by atoms with Crippen molar-refractivity contribution in [3.63, 3.8) is 0 Å². The predicted molar refractivity (Wildman–Crippen MR) is 180 cm³/mol. The van der Waals surface area contributed by atoms with Crippen molar-refractivity contribution in [3.05, 3.63) is 115 Å². The van der Waals surface area contributed by atoms with Crippen molar-refractivity contribution >= 4 is 116 Å². The highest BCUT2D eigenvalue weighted by atomic mass is 35.5. The van der Waals surface area contributed by atoms with Gasteiger partial charge in [0.2, 0.25) is 0 Å². The molecule has 3 amide bonds. The van der Waals surface area contributed by atoms with Crippen LogP contribution in [0.2, 0.25) is 5.02 Å². The lowest BCUT2D eigenvalue weighted by molar-refractivity contribution is -0.384. The second-order valence-electron chi connectivity index (χ2n) is 11.1. The molecule has 0 aromatic heterocycles. The van der Waals surface area contributed by atoms with Gasteiger partial charge in [0, 0.05) is 28.3 Å². The molecule has 2 fully saturated rings. The van der Waals surface area contributed by atoms with Crippen molar-refractivity contribution in [3.8, 4) is 5.75 Å². The number of alkyl halides is 4. The molecule has 3 aromatic carbocycles. The Balaban J connectivity index is 1.28. The van der Waals surface area contributed by atoms with Gasteiger partial charge in [-0.1, -0.05) is 58.0 Å². The van der Waals surface area contributed by atoms with Crippen LogP contribution in [0.5, 0.6) is 5.75 Å². The summed E-state index contributed by atoms with van der Waals surface area (Å²) in [5, 5.41) is 11.6. The van der Waals surface area contributed by atoms with Gasteiger partial charge in [-0.3, -0.25) is 29.3 Å². The molecule has 49 heavy (non-hydrogen) atoms. The van der Waals surface area contributed by atoms with Crippen molar-refractivity contribution < 1.29 is 33.6 Å². The van der Waals surface area contributed by atoms with E-state index in [0.717, 1.165) is 12.1 Å². The van der Waals surface area contributed by atoms with E-state index in [1.807, 2.05) is 0 Å². The lowest BCUT2D eigenvalue weighted by Gasteiger charge is -2.36. The van der Waals surface area contributed by atoms with Gasteiger partial charge < -0.3 is 4.74 Å². The number of halogens is 7. The number of carbonyl (C=O) groups excluding carboxylic acids is 5. The number of carbonyl (C=O) groups is 5. The van der Waals surface area contributed by atoms with Gasteiger partial charge in [0.25, 0.3) is 23.4 Å². The molecule has 4 atom stereocenters. The number of hydrogen-bond donors (Lipinski definition) is 0. The SMILES string of the molecule is O=C(CN(C(=O)c1ccc(Cl)cc1)N1C(=O)[C@@H]2[C@@H](C1=O)[C@@]1(Cl)C(Cl)=C(Cl)[C@@]2(Cl)C1(Cl)Cl)c1ccc(OC(=O)c2ccc([N+](=O)[O-])cc2)cc1. The number of nitrogens with zero attached hydrogens (tertiary/aromatic N) is 3. The molecule has 3 aromatic rings. The Labute approximate surface area is 311 Å². The first-order valence-electron chi connectivity index (χ1n) is 13.8. The zero-order chi connectivity index (χ0) is 35.8. The first-order chi connectivity index (χ1) is 23.0. The standard InChI is InChI=1S/C31H16Cl7N3O8/c32-17-7-1-15(2-8-17)25(43)39(40-26(44)21-22(27(40)45)30(36)24(34)23(33)29(21,35)31(30,37)38)13-20(42)14-5-11-19(12-6-14)49-28(46)16-3-9-18(10-4-16)41(47)48/h1-12,21-22H,13H2/t21-,22-,29+,30+/m0/s1. The highest BCUT2D eigenvalue weighted by molar-refractivity contribution is 6.66. The topological polar surface area (TPSA) is 144 Å². The van der Waals surface area contributed by atoms with Gasteiger partial charge in [-0.25, -0.2) is 9.80 Å². The third-order valence-corrected chi connectivity index (χ3v) is 13.0. The average Bonchev–Trinajstić information content (AvgIpc) is 3.46. The summed E-state index contributed by atoms with van der Waals surface area (Å²) in [7, 11) is 0. The van der Waals surface area contributed by atoms with E-state index in [0.29, 0.717) is 10.0 Å². The molecule has 0 N–H and O–H groups in total. The van der Waals surface area contributed by atoms with Crippen LogP contribution in [0, 0.1) is 22.0 Å². The van der Waals surface area contributed by atoms with Gasteiger partial charge in [-0.15, -0.1) is 23.2 Å². The molecule has 252 valence electrons. The maximum Gasteiger partial charge on any atom is 0.343 e. The third-order valence-electron chi connectivity index (χ3n) is 8.45. The van der Waals surface area contributed by atoms with Crippen LogP contribution in [-0.2, 0) is 9.59 Å². The first kappa shape index (κ1) is 35.4. The number of rotatable bonds is 8. The van der Waals surface area contributed by atoms with Crippen molar-refractivity contribution in [1.82, 2.24) is 10.0 Å². The smallest absolute Gasteiger partial charge is 0.343 e. The predicted octanol–water partition coefficient (Wildman–Crippen LogP) is 7.15. The van der Waals surface area contributed by atoms with Gasteiger partial charge in [0.15, 0.2) is 10.1 Å². The number of fused-ring (bicyclic) bond motifs is 5. The molecule has 1 saturated carbocycles. The van der Waals surface area contributed by atoms with Crippen molar-refractivity contribution in [2.45, 2.75) is 14.1 Å². The minimum atomic E-state index is -2.21. The zero-order valence-electron chi connectivity index (χ0n) is 24.0. The van der Waals surface area contributed by atoms with Gasteiger partial charge >= 0.3 is 5.97 Å². The van der Waals surface area contributed by atoms with E-state index < -0.39 is 66.9 Å². The Kier molecular flexibility index (Phi) is 8.97. The number of non-ortho nitro benzene ring substituents is 1. The van der Waals surface area contributed by atoms with Crippen molar-refractivity contribution in [2.24, 2.45) is 11.8 Å². The van der Waals surface area contributed by atoms with Crippen molar-refractivity contribution in [1.29, 1.82) is 0 Å². The largest absolute Gasteiger partial charge is 0.423 e.